The zero-order valence-electron chi connectivity index (χ0n) is 13.1. The zero-order chi connectivity index (χ0) is 15.9. The Morgan fingerprint density at radius 2 is 2.50 bits per heavy atom. The van der Waals surface area contributed by atoms with E-state index in [1.165, 1.54) is 0 Å². The third-order valence-electron chi connectivity index (χ3n) is 3.56. The first kappa shape index (κ1) is 16.3. The first-order valence-electron chi connectivity index (χ1n) is 7.38. The van der Waals surface area contributed by atoms with Crippen LogP contribution in [0.5, 0.6) is 0 Å². The molecule has 1 aliphatic rings. The minimum atomic E-state index is -0.340. The van der Waals surface area contributed by atoms with Gasteiger partial charge in [0.25, 0.3) is 0 Å². The van der Waals surface area contributed by atoms with Gasteiger partial charge in [-0.15, -0.1) is 6.42 Å². The average molecular weight is 305 g/mol. The number of ether oxygens (including phenoxy) is 1. The van der Waals surface area contributed by atoms with Gasteiger partial charge in [-0.2, -0.15) is 5.10 Å². The quantitative estimate of drug-likeness (QED) is 0.755. The van der Waals surface area contributed by atoms with Crippen LogP contribution in [0.25, 0.3) is 0 Å². The van der Waals surface area contributed by atoms with Crippen molar-refractivity contribution in [3.63, 3.8) is 0 Å². The van der Waals surface area contributed by atoms with Gasteiger partial charge in [0.1, 0.15) is 0 Å². The molecule has 2 heterocycles. The molecule has 0 spiro atoms. The average Bonchev–Trinajstić information content (AvgIpc) is 3.14. The topological polar surface area (TPSA) is 71.4 Å². The Bertz CT molecular complexity index is 528. The van der Waals surface area contributed by atoms with Crippen LogP contribution in [0.15, 0.2) is 12.3 Å². The molecule has 0 unspecified atom stereocenters. The van der Waals surface area contributed by atoms with E-state index < -0.39 is 0 Å². The van der Waals surface area contributed by atoms with E-state index in [1.807, 2.05) is 20.3 Å². The SMILES string of the molecule is C#C[C@@H](NC(=O)Nc1ccn(CCN(C)C)n1)[C@@H]1CCOC1. The number of hydrogen-bond acceptors (Lipinski definition) is 4. The Labute approximate surface area is 131 Å². The number of anilines is 1. The van der Waals surface area contributed by atoms with E-state index in [9.17, 15) is 4.79 Å². The van der Waals surface area contributed by atoms with Crippen molar-refractivity contribution in [3.05, 3.63) is 12.3 Å². The van der Waals surface area contributed by atoms with Gasteiger partial charge in [0, 0.05) is 31.3 Å². The second-order valence-electron chi connectivity index (χ2n) is 5.63. The molecule has 2 atom stereocenters. The Morgan fingerprint density at radius 1 is 1.68 bits per heavy atom. The molecule has 2 rings (SSSR count). The molecule has 1 aliphatic heterocycles. The third-order valence-corrected chi connectivity index (χ3v) is 3.56. The van der Waals surface area contributed by atoms with Gasteiger partial charge >= 0.3 is 6.03 Å². The van der Waals surface area contributed by atoms with Crippen LogP contribution in [-0.2, 0) is 11.3 Å². The highest BCUT2D eigenvalue weighted by Crippen LogP contribution is 2.16. The van der Waals surface area contributed by atoms with Gasteiger partial charge in [0.15, 0.2) is 5.82 Å². The molecule has 0 bridgehead atoms. The maximum atomic E-state index is 12.0. The lowest BCUT2D eigenvalue weighted by atomic mass is 10.00. The van der Waals surface area contributed by atoms with Crippen molar-refractivity contribution in [2.45, 2.75) is 19.0 Å². The summed E-state index contributed by atoms with van der Waals surface area (Å²) in [6.07, 6.45) is 8.20. The molecule has 0 aliphatic carbocycles. The molecule has 0 aromatic carbocycles. The van der Waals surface area contributed by atoms with E-state index in [-0.39, 0.29) is 18.0 Å². The number of hydrogen-bond donors (Lipinski definition) is 2. The fraction of sp³-hybridized carbons (Fsp3) is 0.600. The smallest absolute Gasteiger partial charge is 0.321 e. The van der Waals surface area contributed by atoms with Gasteiger partial charge in [0.05, 0.1) is 19.2 Å². The standard InChI is InChI=1S/C15H23N5O2/c1-4-13(12-6-10-22-11-12)16-15(21)17-14-5-7-20(18-14)9-8-19(2)3/h1,5,7,12-13H,6,8-11H2,2-3H3,(H2,16,17,18,21)/t12-,13-/m1/s1. The summed E-state index contributed by atoms with van der Waals surface area (Å²) in [7, 11) is 4.01. The van der Waals surface area contributed by atoms with Gasteiger partial charge < -0.3 is 15.0 Å². The number of likely N-dealkylation sites (N-methyl/N-ethyl adjacent to an activating group) is 1. The van der Waals surface area contributed by atoms with E-state index in [4.69, 9.17) is 11.2 Å². The minimum Gasteiger partial charge on any atom is -0.381 e. The number of aromatic nitrogens is 2. The van der Waals surface area contributed by atoms with E-state index >= 15 is 0 Å². The summed E-state index contributed by atoms with van der Waals surface area (Å²) in [6.45, 7) is 2.94. The van der Waals surface area contributed by atoms with Gasteiger partial charge in [-0.1, -0.05) is 5.92 Å². The van der Waals surface area contributed by atoms with Crippen molar-refractivity contribution < 1.29 is 9.53 Å². The molecule has 0 saturated carbocycles. The number of nitrogens with one attached hydrogen (secondary N) is 2. The summed E-state index contributed by atoms with van der Waals surface area (Å²) in [6, 6.07) is 1.10. The lowest BCUT2D eigenvalue weighted by molar-refractivity contribution is 0.181. The third kappa shape index (κ3) is 4.76. The number of carbonyl (C=O) groups excluding carboxylic acids is 1. The van der Waals surface area contributed by atoms with Crippen molar-refractivity contribution in [1.82, 2.24) is 20.0 Å². The monoisotopic (exact) mass is 305 g/mol. The van der Waals surface area contributed by atoms with Gasteiger partial charge in [-0.05, 0) is 20.5 Å². The normalized spacial score (nSPS) is 18.9. The Hall–Kier alpha value is -2.04. The molecule has 1 aromatic rings. The molecule has 2 N–H and O–H groups in total. The van der Waals surface area contributed by atoms with Crippen LogP contribution in [0, 0.1) is 18.3 Å². The first-order chi connectivity index (χ1) is 10.6. The van der Waals surface area contributed by atoms with Crippen molar-refractivity contribution in [2.75, 3.05) is 39.2 Å². The molecule has 1 saturated heterocycles. The number of amides is 2. The minimum absolute atomic E-state index is 0.174. The fourth-order valence-corrected chi connectivity index (χ4v) is 2.26. The van der Waals surface area contributed by atoms with Gasteiger partial charge in [0.2, 0.25) is 0 Å². The number of carbonyl (C=O) groups is 1. The van der Waals surface area contributed by atoms with Crippen LogP contribution in [0.1, 0.15) is 6.42 Å². The lowest BCUT2D eigenvalue weighted by Crippen LogP contribution is -2.42. The Kier molecular flexibility index (Phi) is 5.81. The predicted molar refractivity (Wildman–Crippen MR) is 84.5 cm³/mol. The van der Waals surface area contributed by atoms with Crippen molar-refractivity contribution in [1.29, 1.82) is 0 Å². The molecule has 7 heteroatoms. The van der Waals surface area contributed by atoms with E-state index in [1.54, 1.807) is 10.7 Å². The second kappa shape index (κ2) is 7.82. The summed E-state index contributed by atoms with van der Waals surface area (Å²) in [5.74, 6) is 3.30. The maximum Gasteiger partial charge on any atom is 0.321 e. The Balaban J connectivity index is 1.82. The summed E-state index contributed by atoms with van der Waals surface area (Å²) < 4.78 is 7.09. The molecule has 22 heavy (non-hydrogen) atoms. The molecule has 1 fully saturated rings. The van der Waals surface area contributed by atoms with Crippen molar-refractivity contribution in [2.24, 2.45) is 5.92 Å². The highest BCUT2D eigenvalue weighted by atomic mass is 16.5. The highest BCUT2D eigenvalue weighted by Gasteiger charge is 2.25. The van der Waals surface area contributed by atoms with Crippen LogP contribution in [0.3, 0.4) is 0 Å². The molecule has 7 nitrogen and oxygen atoms in total. The molecule has 120 valence electrons. The lowest BCUT2D eigenvalue weighted by Gasteiger charge is -2.18. The van der Waals surface area contributed by atoms with E-state index in [0.717, 1.165) is 19.5 Å². The molecule has 2 amide bonds. The van der Waals surface area contributed by atoms with Crippen LogP contribution in [-0.4, -0.2) is 60.6 Å². The second-order valence-corrected chi connectivity index (χ2v) is 5.63. The molecule has 0 radical (unpaired) electrons. The van der Waals surface area contributed by atoms with Crippen LogP contribution in [0.4, 0.5) is 10.6 Å². The van der Waals surface area contributed by atoms with Crippen LogP contribution < -0.4 is 10.6 Å². The number of terminal acetylenes is 1. The number of rotatable bonds is 6. The van der Waals surface area contributed by atoms with Gasteiger partial charge in [-0.25, -0.2) is 4.79 Å². The van der Waals surface area contributed by atoms with E-state index in [2.05, 4.69) is 26.6 Å². The Morgan fingerprint density at radius 3 is 3.14 bits per heavy atom. The summed E-state index contributed by atoms with van der Waals surface area (Å²) in [5, 5.41) is 9.79. The summed E-state index contributed by atoms with van der Waals surface area (Å²) in [4.78, 5) is 14.1. The van der Waals surface area contributed by atoms with Crippen molar-refractivity contribution >= 4 is 11.8 Å². The zero-order valence-corrected chi connectivity index (χ0v) is 13.1. The maximum absolute atomic E-state index is 12.0. The summed E-state index contributed by atoms with van der Waals surface area (Å²) >= 11 is 0. The number of nitrogens with zero attached hydrogens (tertiary/aromatic N) is 3. The van der Waals surface area contributed by atoms with Crippen molar-refractivity contribution in [3.8, 4) is 12.3 Å². The van der Waals surface area contributed by atoms with Crippen LogP contribution in [0.2, 0.25) is 0 Å². The van der Waals surface area contributed by atoms with E-state index in [0.29, 0.717) is 19.0 Å². The molecular formula is C15H23N5O2. The van der Waals surface area contributed by atoms with Gasteiger partial charge in [-0.3, -0.25) is 10.00 Å². The first-order valence-corrected chi connectivity index (χ1v) is 7.38. The summed E-state index contributed by atoms with van der Waals surface area (Å²) in [5.41, 5.74) is 0. The predicted octanol–water partition coefficient (Wildman–Crippen LogP) is 0.605. The largest absolute Gasteiger partial charge is 0.381 e. The molecular weight excluding hydrogens is 282 g/mol. The highest BCUT2D eigenvalue weighted by molar-refractivity contribution is 5.88. The fourth-order valence-electron chi connectivity index (χ4n) is 2.26. The van der Waals surface area contributed by atoms with Crippen LogP contribution >= 0.6 is 0 Å². The number of urea groups is 1. The molecule has 1 aromatic heterocycles.